The first kappa shape index (κ1) is 20.2. The molecule has 146 valence electrons. The van der Waals surface area contributed by atoms with Crippen molar-refractivity contribution < 1.29 is 19.0 Å². The van der Waals surface area contributed by atoms with Crippen LogP contribution in [-0.2, 0) is 9.53 Å². The zero-order valence-electron chi connectivity index (χ0n) is 16.1. The second-order valence-electron chi connectivity index (χ2n) is 7.58. The minimum atomic E-state index is -1.30. The zero-order valence-corrected chi connectivity index (χ0v) is 16.8. The van der Waals surface area contributed by atoms with E-state index >= 15 is 0 Å². The van der Waals surface area contributed by atoms with E-state index in [1.165, 1.54) is 6.07 Å². The van der Waals surface area contributed by atoms with Gasteiger partial charge in [0.2, 0.25) is 0 Å². The number of aliphatic carboxylic acids is 1. The number of ether oxygens (including phenoxy) is 1. The fraction of sp³-hybridized carbons (Fsp3) is 0.273. The standard InChI is InChI=1S/C22H21ClFNO3/c1-12-17(20(21(26)27)28-22(2,3)4)18(13-8-10-14(23)11-9-13)19-15(24)6-5-7-16(19)25-12/h5-11,20H,1-4H3,(H,26,27)/t20-/m0/s1. The van der Waals surface area contributed by atoms with E-state index in [9.17, 15) is 14.3 Å². The van der Waals surface area contributed by atoms with E-state index in [4.69, 9.17) is 16.3 Å². The summed E-state index contributed by atoms with van der Waals surface area (Å²) in [5.41, 5.74) is 1.63. The first-order chi connectivity index (χ1) is 13.1. The molecule has 0 aliphatic rings. The number of carboxylic acid groups (broad SMARTS) is 1. The van der Waals surface area contributed by atoms with E-state index in [1.807, 2.05) is 0 Å². The first-order valence-corrected chi connectivity index (χ1v) is 9.21. The predicted octanol–water partition coefficient (Wildman–Crippen LogP) is 5.94. The van der Waals surface area contributed by atoms with Crippen LogP contribution in [0.15, 0.2) is 42.5 Å². The number of fused-ring (bicyclic) bond motifs is 1. The highest BCUT2D eigenvalue weighted by Crippen LogP contribution is 2.40. The number of pyridine rings is 1. The molecular weight excluding hydrogens is 381 g/mol. The van der Waals surface area contributed by atoms with E-state index in [1.54, 1.807) is 64.1 Å². The molecule has 1 heterocycles. The van der Waals surface area contributed by atoms with Crippen LogP contribution in [0.25, 0.3) is 22.0 Å². The number of halogens is 2. The predicted molar refractivity (Wildman–Crippen MR) is 108 cm³/mol. The maximum absolute atomic E-state index is 14.9. The Balaban J connectivity index is 2.43. The lowest BCUT2D eigenvalue weighted by atomic mass is 9.90. The second kappa shape index (κ2) is 7.49. The Bertz CT molecular complexity index is 1040. The Kier molecular flexibility index (Phi) is 5.41. The molecule has 4 nitrogen and oxygen atoms in total. The molecule has 0 spiro atoms. The van der Waals surface area contributed by atoms with Gasteiger partial charge in [-0.05, 0) is 57.5 Å². The van der Waals surface area contributed by atoms with Crippen LogP contribution >= 0.6 is 11.6 Å². The topological polar surface area (TPSA) is 59.4 Å². The molecule has 2 aromatic carbocycles. The molecule has 1 aromatic heterocycles. The Hall–Kier alpha value is -2.50. The molecule has 28 heavy (non-hydrogen) atoms. The van der Waals surface area contributed by atoms with Gasteiger partial charge >= 0.3 is 5.97 Å². The first-order valence-electron chi connectivity index (χ1n) is 8.84. The normalized spacial score (nSPS) is 12.9. The SMILES string of the molecule is Cc1nc2cccc(F)c2c(-c2ccc(Cl)cc2)c1[C@H](OC(C)(C)C)C(=O)O. The molecule has 1 N–H and O–H groups in total. The molecule has 0 aliphatic heterocycles. The smallest absolute Gasteiger partial charge is 0.337 e. The molecule has 6 heteroatoms. The van der Waals surface area contributed by atoms with Crippen molar-refractivity contribution >= 4 is 28.5 Å². The van der Waals surface area contributed by atoms with Crippen molar-refractivity contribution in [2.45, 2.75) is 39.4 Å². The fourth-order valence-corrected chi connectivity index (χ4v) is 3.36. The van der Waals surface area contributed by atoms with Gasteiger partial charge in [0.25, 0.3) is 0 Å². The molecule has 0 unspecified atom stereocenters. The number of aromatic nitrogens is 1. The lowest BCUT2D eigenvalue weighted by Crippen LogP contribution is -2.28. The largest absolute Gasteiger partial charge is 0.479 e. The highest BCUT2D eigenvalue weighted by Gasteiger charge is 2.32. The summed E-state index contributed by atoms with van der Waals surface area (Å²) in [4.78, 5) is 16.6. The van der Waals surface area contributed by atoms with Gasteiger partial charge in [-0.2, -0.15) is 0 Å². The lowest BCUT2D eigenvalue weighted by Gasteiger charge is -2.28. The Morgan fingerprint density at radius 1 is 1.18 bits per heavy atom. The van der Waals surface area contributed by atoms with Crippen LogP contribution in [0, 0.1) is 12.7 Å². The maximum Gasteiger partial charge on any atom is 0.337 e. The third kappa shape index (κ3) is 4.01. The molecular formula is C22H21ClFNO3. The number of benzene rings is 2. The van der Waals surface area contributed by atoms with E-state index < -0.39 is 23.5 Å². The van der Waals surface area contributed by atoms with E-state index in [0.717, 1.165) is 0 Å². The van der Waals surface area contributed by atoms with E-state index in [0.29, 0.717) is 32.9 Å². The molecule has 0 amide bonds. The lowest BCUT2D eigenvalue weighted by molar-refractivity contribution is -0.160. The molecule has 0 saturated carbocycles. The van der Waals surface area contributed by atoms with Crippen molar-refractivity contribution in [3.05, 3.63) is 64.6 Å². The summed E-state index contributed by atoms with van der Waals surface area (Å²) in [6, 6.07) is 11.5. The third-order valence-corrected chi connectivity index (χ3v) is 4.53. The van der Waals surface area contributed by atoms with Gasteiger partial charge in [0.15, 0.2) is 6.10 Å². The van der Waals surface area contributed by atoms with E-state index in [2.05, 4.69) is 4.98 Å². The van der Waals surface area contributed by atoms with E-state index in [-0.39, 0.29) is 5.39 Å². The van der Waals surface area contributed by atoms with Crippen molar-refractivity contribution in [3.63, 3.8) is 0 Å². The van der Waals surface area contributed by atoms with Crippen molar-refractivity contribution in [1.29, 1.82) is 0 Å². The third-order valence-electron chi connectivity index (χ3n) is 4.28. The number of nitrogens with zero attached hydrogens (tertiary/aromatic N) is 1. The second-order valence-corrected chi connectivity index (χ2v) is 8.01. The number of rotatable bonds is 4. The molecule has 0 fully saturated rings. The summed E-state index contributed by atoms with van der Waals surface area (Å²) in [6.07, 6.45) is -1.30. The Morgan fingerprint density at radius 3 is 2.39 bits per heavy atom. The van der Waals surface area contributed by atoms with Gasteiger partial charge in [0, 0.05) is 27.2 Å². The minimum absolute atomic E-state index is 0.259. The van der Waals surface area contributed by atoms with Crippen molar-refractivity contribution in [2.24, 2.45) is 0 Å². The molecule has 0 radical (unpaired) electrons. The monoisotopic (exact) mass is 401 g/mol. The summed E-state index contributed by atoms with van der Waals surface area (Å²) in [5.74, 6) is -1.64. The van der Waals surface area contributed by atoms with Crippen molar-refractivity contribution in [2.75, 3.05) is 0 Å². The fourth-order valence-electron chi connectivity index (χ4n) is 3.23. The highest BCUT2D eigenvalue weighted by molar-refractivity contribution is 6.30. The number of carbonyl (C=O) groups is 1. The maximum atomic E-state index is 14.9. The summed E-state index contributed by atoms with van der Waals surface area (Å²) in [5, 5.41) is 10.7. The van der Waals surface area contributed by atoms with Crippen LogP contribution in [0.1, 0.15) is 38.1 Å². The zero-order chi connectivity index (χ0) is 20.6. The summed E-state index contributed by atoms with van der Waals surface area (Å²) in [7, 11) is 0. The summed E-state index contributed by atoms with van der Waals surface area (Å²) < 4.78 is 20.7. The molecule has 3 rings (SSSR count). The van der Waals surface area contributed by atoms with Crippen LogP contribution in [0.5, 0.6) is 0 Å². The van der Waals surface area contributed by atoms with Gasteiger partial charge in [0.1, 0.15) is 5.82 Å². The number of hydrogen-bond donors (Lipinski definition) is 1. The number of carboxylic acids is 1. The quantitative estimate of drug-likeness (QED) is 0.587. The summed E-state index contributed by atoms with van der Waals surface area (Å²) >= 11 is 6.01. The van der Waals surface area contributed by atoms with Gasteiger partial charge in [-0.1, -0.05) is 29.8 Å². The van der Waals surface area contributed by atoms with Crippen LogP contribution < -0.4 is 0 Å². The average Bonchev–Trinajstić information content (AvgIpc) is 2.59. The van der Waals surface area contributed by atoms with Gasteiger partial charge in [0.05, 0.1) is 11.1 Å². The van der Waals surface area contributed by atoms with Gasteiger partial charge < -0.3 is 9.84 Å². The minimum Gasteiger partial charge on any atom is -0.479 e. The number of aryl methyl sites for hydroxylation is 1. The molecule has 1 atom stereocenters. The van der Waals surface area contributed by atoms with Crippen LogP contribution in [0.2, 0.25) is 5.02 Å². The molecule has 0 bridgehead atoms. The molecule has 0 saturated heterocycles. The summed E-state index contributed by atoms with van der Waals surface area (Å²) in [6.45, 7) is 7.03. The molecule has 0 aliphatic carbocycles. The molecule has 3 aromatic rings. The Morgan fingerprint density at radius 2 is 1.82 bits per heavy atom. The Labute approximate surface area is 167 Å². The van der Waals surface area contributed by atoms with Crippen molar-refractivity contribution in [1.82, 2.24) is 4.98 Å². The van der Waals surface area contributed by atoms with Crippen LogP contribution in [-0.4, -0.2) is 21.7 Å². The van der Waals surface area contributed by atoms with Crippen molar-refractivity contribution in [3.8, 4) is 11.1 Å². The van der Waals surface area contributed by atoms with Crippen LogP contribution in [0.3, 0.4) is 0 Å². The van der Waals surface area contributed by atoms with Gasteiger partial charge in [-0.25, -0.2) is 9.18 Å². The van der Waals surface area contributed by atoms with Gasteiger partial charge in [-0.15, -0.1) is 0 Å². The average molecular weight is 402 g/mol. The highest BCUT2D eigenvalue weighted by atomic mass is 35.5. The number of hydrogen-bond acceptors (Lipinski definition) is 3. The van der Waals surface area contributed by atoms with Gasteiger partial charge in [-0.3, -0.25) is 4.98 Å². The van der Waals surface area contributed by atoms with Crippen LogP contribution in [0.4, 0.5) is 4.39 Å².